The summed E-state index contributed by atoms with van der Waals surface area (Å²) in [5.41, 5.74) is 64.7. The molecule has 6 heterocycles. The van der Waals surface area contributed by atoms with Crippen molar-refractivity contribution >= 4 is 51.2 Å². The monoisotopic (exact) mass is 1760 g/mol. The average Bonchev–Trinajstić information content (AvgIpc) is 1.70. The Morgan fingerprint density at radius 1 is 0.128 bits per heavy atom. The first-order valence-electron chi connectivity index (χ1n) is 52.1. The van der Waals surface area contributed by atoms with Gasteiger partial charge in [-0.3, -0.25) is 0 Å². The second kappa shape index (κ2) is 47.4. The fraction of sp³-hybridized carbons (Fsp3) is 0.308. The molecule has 0 fully saturated rings. The maximum atomic E-state index is 2.65. The molecule has 0 unspecified atom stereocenters. The summed E-state index contributed by atoms with van der Waals surface area (Å²) in [4.78, 5) is 7.89. The predicted octanol–water partition coefficient (Wildman–Crippen LogP) is 38.7. The Labute approximate surface area is 804 Å². The van der Waals surface area contributed by atoms with Crippen LogP contribution in [0.1, 0.15) is 327 Å². The number of hydrogen-bond acceptors (Lipinski definition) is 3. The molecule has 688 valence electrons. The molecule has 0 aromatic heterocycles. The molecular weight excluding hydrogens is 1600 g/mol. The third-order valence-corrected chi connectivity index (χ3v) is 26.0. The molecule has 0 amide bonds. The van der Waals surface area contributed by atoms with Gasteiger partial charge in [0.25, 0.3) is 0 Å². The molecule has 3 heteroatoms. The molecule has 15 aromatic carbocycles. The Morgan fingerprint density at radius 3 is 0.714 bits per heavy atom. The molecular formula is C130H153N3. The van der Waals surface area contributed by atoms with Crippen LogP contribution in [-0.2, 0) is 77.0 Å². The summed E-state index contributed by atoms with van der Waals surface area (Å²) in [5, 5.41) is 0. The Bertz CT molecular complexity index is 6500. The lowest BCUT2D eigenvalue weighted by molar-refractivity contribution is 0.998. The molecule has 0 spiro atoms. The minimum atomic E-state index is 1.01. The molecule has 0 saturated carbocycles. The van der Waals surface area contributed by atoms with Crippen molar-refractivity contribution in [2.24, 2.45) is 0 Å². The van der Waals surface area contributed by atoms with Gasteiger partial charge in [-0.2, -0.15) is 0 Å². The van der Waals surface area contributed by atoms with Crippen molar-refractivity contribution in [3.05, 3.63) is 407 Å². The third-order valence-electron chi connectivity index (χ3n) is 26.0. The standard InChI is InChI=1S/3C34H23N.14C2H6/c1-4-11-28-20(6-1)14-25-17-26-16-23-9-5-8-22-15-24-12-13-29-27-10-3-2-7-21(27)18-31(29)34(24)35(33(22)23)32(26)19-30(25)28;1-3-10-28-21(7-1)13-25-18-32-27(17-30(25)28)15-23-9-5-8-22-14-26-16-24-12-20-6-2-4-11-29(20)31(24)19-33(26)35(32)34(22)23;1-3-10-28-20(6-1)15-26-18-27-17-24-9-5-8-23-16-25-13-12-22-14-21-7-2-4-11-29(21)32(22)34(25)35(33(23)24)31(27)19-30(26)28;14*1-2/h1-13,17,19H,14-16,18H2;1-11,16-19H,12-15H2;1-13,18-19H,14-17H2;14*1-2H3. The van der Waals surface area contributed by atoms with E-state index in [1.54, 1.807) is 0 Å². The van der Waals surface area contributed by atoms with E-state index >= 15 is 0 Å². The van der Waals surface area contributed by atoms with E-state index in [1.165, 1.54) is 251 Å². The molecule has 0 atom stereocenters. The van der Waals surface area contributed by atoms with Gasteiger partial charge in [-0.1, -0.05) is 437 Å². The fourth-order valence-corrected chi connectivity index (χ4v) is 21.6. The SMILES string of the molecule is CC.CC.CC.CC.CC.CC.CC.CC.CC.CC.CC.CC.CC.CC.c1ccc2c(c1)Cc1cc3c(cc1-2)Cc1cccc2c1N3c1cc3c(cc1C2)Cc1ccccc1-3.c1ccc2c(c1)Cc1cc3c(cc1-2)N1c2c(cccc2Cc2ccc4c(c21)-c1ccccc1C4)C3.c1ccc2c(c1)Cc1cc3c(cc1-2)N1c2c(cccc2Cc2ccc4c(c21)Cc1ccccc1-4)C3. The summed E-state index contributed by atoms with van der Waals surface area (Å²) in [6, 6.07) is 104. The topological polar surface area (TPSA) is 9.72 Å². The van der Waals surface area contributed by atoms with Gasteiger partial charge in [0.1, 0.15) is 0 Å². The van der Waals surface area contributed by atoms with E-state index in [1.807, 2.05) is 194 Å². The van der Waals surface area contributed by atoms with Crippen LogP contribution < -0.4 is 14.7 Å². The summed E-state index contributed by atoms with van der Waals surface area (Å²) >= 11 is 0. The average molecular weight is 1760 g/mol. The van der Waals surface area contributed by atoms with Gasteiger partial charge in [-0.05, 0) is 257 Å². The van der Waals surface area contributed by atoms with E-state index in [0.29, 0.717) is 0 Å². The van der Waals surface area contributed by atoms with Crippen LogP contribution in [0.15, 0.2) is 273 Å². The number of hydrogen-bond donors (Lipinski definition) is 0. The number of anilines is 9. The van der Waals surface area contributed by atoms with E-state index in [-0.39, 0.29) is 0 Å². The molecule has 133 heavy (non-hydrogen) atoms. The molecule has 15 aromatic rings. The number of nitrogens with zero attached hydrogens (tertiary/aromatic N) is 3. The normalized spacial score (nSPS) is 12.4. The van der Waals surface area contributed by atoms with Crippen molar-refractivity contribution in [2.45, 2.75) is 271 Å². The highest BCUT2D eigenvalue weighted by atomic mass is 15.2. The second-order valence-corrected chi connectivity index (χ2v) is 31.6. The van der Waals surface area contributed by atoms with Crippen LogP contribution >= 0.6 is 0 Å². The van der Waals surface area contributed by atoms with Crippen molar-refractivity contribution in [3.63, 3.8) is 0 Å². The first-order valence-corrected chi connectivity index (χ1v) is 52.1. The minimum absolute atomic E-state index is 1.01. The molecule has 27 rings (SSSR count). The fourth-order valence-electron chi connectivity index (χ4n) is 21.6. The summed E-state index contributed by atoms with van der Waals surface area (Å²) in [6.45, 7) is 56.0. The third kappa shape index (κ3) is 18.2. The molecule has 6 aliphatic heterocycles. The number of rotatable bonds is 0. The summed E-state index contributed by atoms with van der Waals surface area (Å²) < 4.78 is 0. The van der Waals surface area contributed by atoms with Crippen molar-refractivity contribution in [1.82, 2.24) is 0 Å². The van der Waals surface area contributed by atoms with Crippen LogP contribution in [0.25, 0.3) is 66.8 Å². The molecule has 0 saturated heterocycles. The summed E-state index contributed by atoms with van der Waals surface area (Å²) in [5.74, 6) is 0. The van der Waals surface area contributed by atoms with E-state index in [0.717, 1.165) is 77.0 Å². The van der Waals surface area contributed by atoms with Crippen LogP contribution in [0, 0.1) is 0 Å². The van der Waals surface area contributed by atoms with Gasteiger partial charge in [0.15, 0.2) is 0 Å². The highest BCUT2D eigenvalue weighted by Crippen LogP contribution is 2.61. The first kappa shape index (κ1) is 101. The highest BCUT2D eigenvalue weighted by molar-refractivity contribution is 6.02. The first-order chi connectivity index (χ1) is 66.0. The smallest absolute Gasteiger partial charge is 0.0578 e. The molecule has 0 N–H and O–H groups in total. The van der Waals surface area contributed by atoms with Gasteiger partial charge in [0.2, 0.25) is 0 Å². The molecule has 0 bridgehead atoms. The number of benzene rings is 15. The van der Waals surface area contributed by atoms with Crippen LogP contribution in [0.3, 0.4) is 0 Å². The minimum Gasteiger partial charge on any atom is -0.309 e. The van der Waals surface area contributed by atoms with E-state index in [4.69, 9.17) is 0 Å². The summed E-state index contributed by atoms with van der Waals surface area (Å²) in [7, 11) is 0. The van der Waals surface area contributed by atoms with Crippen LogP contribution in [-0.4, -0.2) is 0 Å². The zero-order chi connectivity index (χ0) is 96.0. The van der Waals surface area contributed by atoms with Crippen LogP contribution in [0.5, 0.6) is 0 Å². The van der Waals surface area contributed by atoms with Gasteiger partial charge < -0.3 is 14.7 Å². The van der Waals surface area contributed by atoms with E-state index in [9.17, 15) is 0 Å². The quantitative estimate of drug-likeness (QED) is 0.150. The van der Waals surface area contributed by atoms with Gasteiger partial charge >= 0.3 is 0 Å². The maximum absolute atomic E-state index is 2.65. The van der Waals surface area contributed by atoms with E-state index in [2.05, 4.69) is 288 Å². The zero-order valence-electron chi connectivity index (χ0n) is 86.3. The zero-order valence-corrected chi connectivity index (χ0v) is 86.3. The summed E-state index contributed by atoms with van der Waals surface area (Å²) in [6.07, 6.45) is 12.3. The molecule has 0 radical (unpaired) electrons. The molecule has 6 aliphatic carbocycles. The lowest BCUT2D eigenvalue weighted by atomic mass is 9.83. The Kier molecular flexibility index (Phi) is 36.1. The lowest BCUT2D eigenvalue weighted by Gasteiger charge is -2.41. The highest BCUT2D eigenvalue weighted by Gasteiger charge is 2.41. The van der Waals surface area contributed by atoms with Gasteiger partial charge in [0.05, 0.1) is 51.2 Å². The Hall–Kier alpha value is -12.3. The largest absolute Gasteiger partial charge is 0.309 e. The Morgan fingerprint density at radius 2 is 0.346 bits per heavy atom. The van der Waals surface area contributed by atoms with Crippen LogP contribution in [0.4, 0.5) is 51.2 Å². The Balaban J connectivity index is 0.000000170. The molecule has 12 aliphatic rings. The molecule has 3 nitrogen and oxygen atoms in total. The van der Waals surface area contributed by atoms with Gasteiger partial charge in [-0.25, -0.2) is 0 Å². The predicted molar refractivity (Wildman–Crippen MR) is 589 cm³/mol. The number of para-hydroxylation sites is 3. The lowest BCUT2D eigenvalue weighted by Crippen LogP contribution is -2.26. The van der Waals surface area contributed by atoms with Crippen molar-refractivity contribution in [2.75, 3.05) is 14.7 Å². The van der Waals surface area contributed by atoms with Crippen molar-refractivity contribution in [1.29, 1.82) is 0 Å². The van der Waals surface area contributed by atoms with E-state index < -0.39 is 0 Å². The number of fused-ring (bicyclic) bond motifs is 32. The second-order valence-electron chi connectivity index (χ2n) is 31.6. The maximum Gasteiger partial charge on any atom is 0.0578 e. The van der Waals surface area contributed by atoms with Crippen LogP contribution in [0.2, 0.25) is 0 Å². The van der Waals surface area contributed by atoms with Crippen molar-refractivity contribution in [3.8, 4) is 66.8 Å². The van der Waals surface area contributed by atoms with Crippen molar-refractivity contribution < 1.29 is 0 Å². The van der Waals surface area contributed by atoms with Gasteiger partial charge in [0, 0.05) is 50.5 Å². The van der Waals surface area contributed by atoms with Gasteiger partial charge in [-0.15, -0.1) is 0 Å².